The molecule has 0 saturated heterocycles. The van der Waals surface area contributed by atoms with Crippen LogP contribution in [-0.2, 0) is 4.79 Å². The van der Waals surface area contributed by atoms with Crippen molar-refractivity contribution in [3.8, 4) is 11.1 Å². The molecular formula is C21H22N2O2. The monoisotopic (exact) mass is 334 g/mol. The second-order valence-corrected chi connectivity index (χ2v) is 7.18. The standard InChI is InChI=1S/C21H22N2O2/c1-21(2)13-18(12-19(24)14-21)22-23-20(25)17-10-8-16(9-11-17)15-6-4-3-5-7-15/h3-12,22H,13-14H2,1-2H3,(H,23,25). The summed E-state index contributed by atoms with van der Waals surface area (Å²) in [6, 6.07) is 17.5. The molecule has 1 aliphatic rings. The topological polar surface area (TPSA) is 58.2 Å². The van der Waals surface area contributed by atoms with Crippen LogP contribution in [0, 0.1) is 5.41 Å². The number of carbonyl (C=O) groups is 2. The van der Waals surface area contributed by atoms with Crippen LogP contribution in [0.3, 0.4) is 0 Å². The number of hydrazine groups is 1. The van der Waals surface area contributed by atoms with Crippen LogP contribution >= 0.6 is 0 Å². The van der Waals surface area contributed by atoms with E-state index >= 15 is 0 Å². The van der Waals surface area contributed by atoms with Crippen LogP contribution in [0.1, 0.15) is 37.0 Å². The first kappa shape index (κ1) is 17.0. The fourth-order valence-corrected chi connectivity index (χ4v) is 3.08. The Hall–Kier alpha value is -2.88. The number of benzene rings is 2. The van der Waals surface area contributed by atoms with Crippen molar-refractivity contribution in [3.63, 3.8) is 0 Å². The molecule has 0 aromatic heterocycles. The maximum absolute atomic E-state index is 12.3. The maximum Gasteiger partial charge on any atom is 0.269 e. The molecule has 4 heteroatoms. The molecule has 3 rings (SSSR count). The van der Waals surface area contributed by atoms with E-state index in [4.69, 9.17) is 0 Å². The summed E-state index contributed by atoms with van der Waals surface area (Å²) in [7, 11) is 0. The van der Waals surface area contributed by atoms with Gasteiger partial charge in [0.1, 0.15) is 0 Å². The van der Waals surface area contributed by atoms with Crippen LogP contribution < -0.4 is 10.9 Å². The average Bonchev–Trinajstić information content (AvgIpc) is 2.59. The zero-order valence-corrected chi connectivity index (χ0v) is 14.5. The number of allylic oxidation sites excluding steroid dienone is 2. The van der Waals surface area contributed by atoms with Crippen molar-refractivity contribution in [2.75, 3.05) is 0 Å². The molecule has 0 saturated carbocycles. The third kappa shape index (κ3) is 4.35. The number of amides is 1. The van der Waals surface area contributed by atoms with Crippen LogP contribution in [0.5, 0.6) is 0 Å². The van der Waals surface area contributed by atoms with E-state index in [1.165, 1.54) is 0 Å². The largest absolute Gasteiger partial charge is 0.302 e. The van der Waals surface area contributed by atoms with Gasteiger partial charge in [-0.25, -0.2) is 0 Å². The van der Waals surface area contributed by atoms with Crippen molar-refractivity contribution in [1.82, 2.24) is 10.9 Å². The van der Waals surface area contributed by atoms with E-state index in [1.807, 2.05) is 56.3 Å². The Balaban J connectivity index is 1.63. The van der Waals surface area contributed by atoms with Gasteiger partial charge in [-0.15, -0.1) is 0 Å². The van der Waals surface area contributed by atoms with Gasteiger partial charge in [-0.3, -0.25) is 15.0 Å². The highest BCUT2D eigenvalue weighted by Gasteiger charge is 2.27. The first-order chi connectivity index (χ1) is 11.9. The minimum atomic E-state index is -0.226. The van der Waals surface area contributed by atoms with E-state index in [0.29, 0.717) is 12.0 Å². The molecule has 0 unspecified atom stereocenters. The molecule has 2 aromatic rings. The first-order valence-electron chi connectivity index (χ1n) is 8.38. The third-order valence-corrected chi connectivity index (χ3v) is 4.25. The summed E-state index contributed by atoms with van der Waals surface area (Å²) in [4.78, 5) is 24.0. The molecule has 0 fully saturated rings. The van der Waals surface area contributed by atoms with Crippen molar-refractivity contribution < 1.29 is 9.59 Å². The van der Waals surface area contributed by atoms with Gasteiger partial charge >= 0.3 is 0 Å². The average molecular weight is 334 g/mol. The fourth-order valence-electron chi connectivity index (χ4n) is 3.08. The highest BCUT2D eigenvalue weighted by molar-refractivity contribution is 5.95. The van der Waals surface area contributed by atoms with Crippen LogP contribution in [-0.4, -0.2) is 11.7 Å². The minimum absolute atomic E-state index is 0.0835. The van der Waals surface area contributed by atoms with Gasteiger partial charge in [0.2, 0.25) is 0 Å². The molecule has 0 radical (unpaired) electrons. The molecule has 25 heavy (non-hydrogen) atoms. The summed E-state index contributed by atoms with van der Waals surface area (Å²) in [5.41, 5.74) is 8.97. The van der Waals surface area contributed by atoms with Gasteiger partial charge in [0.15, 0.2) is 5.78 Å². The van der Waals surface area contributed by atoms with E-state index < -0.39 is 0 Å². The van der Waals surface area contributed by atoms with Crippen molar-refractivity contribution in [2.45, 2.75) is 26.7 Å². The Labute approximate surface area is 147 Å². The van der Waals surface area contributed by atoms with E-state index in [-0.39, 0.29) is 17.1 Å². The lowest BCUT2D eigenvalue weighted by Gasteiger charge is -2.29. The summed E-state index contributed by atoms with van der Waals surface area (Å²) in [6.07, 6.45) is 2.84. The quantitative estimate of drug-likeness (QED) is 0.835. The van der Waals surface area contributed by atoms with E-state index in [1.54, 1.807) is 18.2 Å². The number of carbonyl (C=O) groups excluding carboxylic acids is 2. The van der Waals surface area contributed by atoms with Crippen molar-refractivity contribution in [1.29, 1.82) is 0 Å². The Kier molecular flexibility index (Phi) is 4.70. The molecular weight excluding hydrogens is 312 g/mol. The van der Waals surface area contributed by atoms with E-state index in [9.17, 15) is 9.59 Å². The van der Waals surface area contributed by atoms with Crippen molar-refractivity contribution >= 4 is 11.7 Å². The number of ketones is 1. The van der Waals surface area contributed by atoms with E-state index in [2.05, 4.69) is 10.9 Å². The maximum atomic E-state index is 12.3. The van der Waals surface area contributed by atoms with Crippen molar-refractivity contribution in [3.05, 3.63) is 71.9 Å². The van der Waals surface area contributed by atoms with Crippen LogP contribution in [0.15, 0.2) is 66.4 Å². The molecule has 2 aromatic carbocycles. The second kappa shape index (κ2) is 6.93. The molecule has 0 heterocycles. The van der Waals surface area contributed by atoms with Gasteiger partial charge in [-0.2, -0.15) is 0 Å². The van der Waals surface area contributed by atoms with Crippen LogP contribution in [0.4, 0.5) is 0 Å². The van der Waals surface area contributed by atoms with E-state index in [0.717, 1.165) is 23.2 Å². The van der Waals surface area contributed by atoms with Crippen LogP contribution in [0.25, 0.3) is 11.1 Å². The van der Waals surface area contributed by atoms with Gasteiger partial charge in [0, 0.05) is 23.8 Å². The summed E-state index contributed by atoms with van der Waals surface area (Å²) < 4.78 is 0. The lowest BCUT2D eigenvalue weighted by atomic mass is 9.79. The number of rotatable bonds is 4. The normalized spacial score (nSPS) is 16.1. The molecule has 128 valence electrons. The Morgan fingerprint density at radius 2 is 1.56 bits per heavy atom. The lowest BCUT2D eigenvalue weighted by molar-refractivity contribution is -0.117. The molecule has 4 nitrogen and oxygen atoms in total. The summed E-state index contributed by atoms with van der Waals surface area (Å²) in [5.74, 6) is -0.142. The second-order valence-electron chi connectivity index (χ2n) is 7.18. The lowest BCUT2D eigenvalue weighted by Crippen LogP contribution is -2.39. The smallest absolute Gasteiger partial charge is 0.269 e. The molecule has 0 bridgehead atoms. The number of hydrogen-bond donors (Lipinski definition) is 2. The molecule has 0 atom stereocenters. The van der Waals surface area contributed by atoms with Gasteiger partial charge in [-0.05, 0) is 35.1 Å². The number of hydrogen-bond acceptors (Lipinski definition) is 3. The zero-order chi connectivity index (χ0) is 17.9. The number of nitrogens with one attached hydrogen (secondary N) is 2. The molecule has 0 aliphatic heterocycles. The molecule has 1 aliphatic carbocycles. The first-order valence-corrected chi connectivity index (χ1v) is 8.38. The molecule has 2 N–H and O–H groups in total. The molecule has 1 amide bonds. The zero-order valence-electron chi connectivity index (χ0n) is 14.5. The Morgan fingerprint density at radius 1 is 0.920 bits per heavy atom. The SMILES string of the molecule is CC1(C)CC(=O)C=C(NNC(=O)c2ccc(-c3ccccc3)cc2)C1. The molecule has 0 spiro atoms. The predicted octanol–water partition coefficient (Wildman–Crippen LogP) is 3.86. The highest BCUT2D eigenvalue weighted by atomic mass is 16.2. The van der Waals surface area contributed by atoms with Gasteiger partial charge in [-0.1, -0.05) is 56.3 Å². The fraction of sp³-hybridized carbons (Fsp3) is 0.238. The van der Waals surface area contributed by atoms with Gasteiger partial charge in [0.05, 0.1) is 0 Å². The summed E-state index contributed by atoms with van der Waals surface area (Å²) in [6.45, 7) is 4.09. The van der Waals surface area contributed by atoms with Gasteiger partial charge in [0.25, 0.3) is 5.91 Å². The summed E-state index contributed by atoms with van der Waals surface area (Å²) in [5, 5.41) is 0. The van der Waals surface area contributed by atoms with Crippen LogP contribution in [0.2, 0.25) is 0 Å². The highest BCUT2D eigenvalue weighted by Crippen LogP contribution is 2.32. The predicted molar refractivity (Wildman–Crippen MR) is 98.6 cm³/mol. The summed E-state index contributed by atoms with van der Waals surface area (Å²) >= 11 is 0. The van der Waals surface area contributed by atoms with Gasteiger partial charge < -0.3 is 5.43 Å². The van der Waals surface area contributed by atoms with Crippen molar-refractivity contribution in [2.24, 2.45) is 5.41 Å². The Bertz CT molecular complexity index is 806. The third-order valence-electron chi connectivity index (χ3n) is 4.25. The Morgan fingerprint density at radius 3 is 2.20 bits per heavy atom. The minimum Gasteiger partial charge on any atom is -0.302 e.